The molecule has 0 fully saturated rings. The summed E-state index contributed by atoms with van der Waals surface area (Å²) >= 11 is 0. The number of halogens is 1. The van der Waals surface area contributed by atoms with Crippen LogP contribution in [0.25, 0.3) is 11.3 Å². The van der Waals surface area contributed by atoms with E-state index in [0.717, 1.165) is 5.56 Å². The molecule has 0 unspecified atom stereocenters. The van der Waals surface area contributed by atoms with Crippen molar-refractivity contribution in [1.82, 2.24) is 5.32 Å². The van der Waals surface area contributed by atoms with E-state index in [4.69, 9.17) is 9.15 Å². The number of furan rings is 1. The van der Waals surface area contributed by atoms with Crippen molar-refractivity contribution >= 4 is 17.7 Å². The summed E-state index contributed by atoms with van der Waals surface area (Å²) < 4.78 is 23.6. The van der Waals surface area contributed by atoms with Gasteiger partial charge >= 0.3 is 5.97 Å². The van der Waals surface area contributed by atoms with E-state index in [0.29, 0.717) is 16.9 Å². The average molecular weight is 409 g/mol. The molecule has 2 aromatic carbocycles. The Hall–Kier alpha value is -3.74. The Bertz CT molecular complexity index is 1050. The highest BCUT2D eigenvalue weighted by Gasteiger charge is 2.21. The van der Waals surface area contributed by atoms with Gasteiger partial charge in [-0.2, -0.15) is 0 Å². The van der Waals surface area contributed by atoms with Crippen LogP contribution >= 0.6 is 0 Å². The SMILES string of the molecule is CC(=O)c1ccc(-c2ccc(C(=O)O[C@H](C)C(=O)NCc3ccc(F)cc3)o2)cc1. The normalized spacial score (nSPS) is 11.6. The Morgan fingerprint density at radius 2 is 1.67 bits per heavy atom. The molecule has 0 aliphatic rings. The zero-order chi connectivity index (χ0) is 21.7. The van der Waals surface area contributed by atoms with Gasteiger partial charge in [0.2, 0.25) is 5.76 Å². The third kappa shape index (κ3) is 5.20. The van der Waals surface area contributed by atoms with Crippen LogP contribution in [0, 0.1) is 5.82 Å². The predicted molar refractivity (Wildman–Crippen MR) is 107 cm³/mol. The lowest BCUT2D eigenvalue weighted by molar-refractivity contribution is -0.129. The minimum Gasteiger partial charge on any atom is -0.449 e. The zero-order valence-electron chi connectivity index (χ0n) is 16.5. The molecular weight excluding hydrogens is 389 g/mol. The van der Waals surface area contributed by atoms with E-state index in [1.165, 1.54) is 32.0 Å². The molecule has 6 nitrogen and oxygen atoms in total. The number of hydrogen-bond acceptors (Lipinski definition) is 5. The number of hydrogen-bond donors (Lipinski definition) is 1. The summed E-state index contributed by atoms with van der Waals surface area (Å²) in [5, 5.41) is 2.62. The Labute approximate surface area is 172 Å². The lowest BCUT2D eigenvalue weighted by Gasteiger charge is -2.12. The van der Waals surface area contributed by atoms with Gasteiger partial charge < -0.3 is 14.5 Å². The number of ether oxygens (including phenoxy) is 1. The maximum absolute atomic E-state index is 12.9. The molecule has 7 heteroatoms. The first kappa shape index (κ1) is 21.0. The second-order valence-corrected chi connectivity index (χ2v) is 6.69. The van der Waals surface area contributed by atoms with Gasteiger partial charge in [-0.05, 0) is 43.7 Å². The molecule has 0 saturated heterocycles. The molecule has 1 heterocycles. The molecule has 154 valence electrons. The predicted octanol–water partition coefficient (Wildman–Crippen LogP) is 4.15. The number of carbonyl (C=O) groups is 3. The van der Waals surface area contributed by atoms with Crippen LogP contribution < -0.4 is 5.32 Å². The molecule has 1 aromatic heterocycles. The van der Waals surface area contributed by atoms with E-state index in [9.17, 15) is 18.8 Å². The van der Waals surface area contributed by atoms with Crippen molar-refractivity contribution < 1.29 is 27.9 Å². The van der Waals surface area contributed by atoms with Crippen LogP contribution in [0.3, 0.4) is 0 Å². The fourth-order valence-corrected chi connectivity index (χ4v) is 2.68. The quantitative estimate of drug-likeness (QED) is 0.468. The molecule has 0 radical (unpaired) electrons. The van der Waals surface area contributed by atoms with Gasteiger partial charge in [0.05, 0.1) is 0 Å². The van der Waals surface area contributed by atoms with Gasteiger partial charge in [-0.15, -0.1) is 0 Å². The highest BCUT2D eigenvalue weighted by atomic mass is 19.1. The number of carbonyl (C=O) groups excluding carboxylic acids is 3. The first-order valence-corrected chi connectivity index (χ1v) is 9.28. The van der Waals surface area contributed by atoms with Gasteiger partial charge in [-0.25, -0.2) is 9.18 Å². The lowest BCUT2D eigenvalue weighted by atomic mass is 10.1. The van der Waals surface area contributed by atoms with Crippen molar-refractivity contribution in [3.8, 4) is 11.3 Å². The first-order chi connectivity index (χ1) is 14.3. The van der Waals surface area contributed by atoms with Crippen molar-refractivity contribution in [2.75, 3.05) is 0 Å². The van der Waals surface area contributed by atoms with Crippen LogP contribution in [0.1, 0.15) is 40.3 Å². The van der Waals surface area contributed by atoms with E-state index in [1.807, 2.05) is 0 Å². The lowest BCUT2D eigenvalue weighted by Crippen LogP contribution is -2.35. The second kappa shape index (κ2) is 9.17. The molecule has 3 aromatic rings. The average Bonchev–Trinajstić information content (AvgIpc) is 3.23. The van der Waals surface area contributed by atoms with E-state index < -0.39 is 18.0 Å². The highest BCUT2D eigenvalue weighted by Crippen LogP contribution is 2.23. The maximum Gasteiger partial charge on any atom is 0.375 e. The fourth-order valence-electron chi connectivity index (χ4n) is 2.68. The molecule has 1 atom stereocenters. The van der Waals surface area contributed by atoms with Gasteiger partial charge in [0.25, 0.3) is 5.91 Å². The number of rotatable bonds is 7. The number of amides is 1. The maximum atomic E-state index is 12.9. The van der Waals surface area contributed by atoms with Crippen molar-refractivity contribution in [3.63, 3.8) is 0 Å². The van der Waals surface area contributed by atoms with Gasteiger partial charge in [0, 0.05) is 17.7 Å². The summed E-state index contributed by atoms with van der Waals surface area (Å²) in [5.74, 6) is -1.27. The largest absolute Gasteiger partial charge is 0.449 e. The molecule has 0 saturated carbocycles. The summed E-state index contributed by atoms with van der Waals surface area (Å²) in [5.41, 5.74) is 1.99. The molecule has 1 amide bonds. The number of Topliss-reactive ketones (excluding diaryl/α,β-unsaturated/α-hetero) is 1. The molecule has 0 spiro atoms. The van der Waals surface area contributed by atoms with Crippen LogP contribution in [-0.4, -0.2) is 23.8 Å². The zero-order valence-corrected chi connectivity index (χ0v) is 16.5. The Morgan fingerprint density at radius 1 is 1.00 bits per heavy atom. The van der Waals surface area contributed by atoms with E-state index >= 15 is 0 Å². The molecular formula is C23H20FNO5. The number of ketones is 1. The minimum atomic E-state index is -1.04. The smallest absolute Gasteiger partial charge is 0.375 e. The van der Waals surface area contributed by atoms with E-state index in [2.05, 4.69) is 5.32 Å². The summed E-state index contributed by atoms with van der Waals surface area (Å²) in [4.78, 5) is 35.8. The van der Waals surface area contributed by atoms with Gasteiger partial charge in [0.15, 0.2) is 11.9 Å². The Balaban J connectivity index is 1.56. The van der Waals surface area contributed by atoms with E-state index in [-0.39, 0.29) is 23.9 Å². The minimum absolute atomic E-state index is 0.0428. The van der Waals surface area contributed by atoms with Crippen LogP contribution in [0.5, 0.6) is 0 Å². The van der Waals surface area contributed by atoms with Crippen molar-refractivity contribution in [2.24, 2.45) is 0 Å². The van der Waals surface area contributed by atoms with Crippen LogP contribution in [0.4, 0.5) is 4.39 Å². The van der Waals surface area contributed by atoms with Crippen molar-refractivity contribution in [2.45, 2.75) is 26.5 Å². The van der Waals surface area contributed by atoms with Crippen LogP contribution in [0.2, 0.25) is 0 Å². The molecule has 30 heavy (non-hydrogen) atoms. The number of nitrogens with one attached hydrogen (secondary N) is 1. The van der Waals surface area contributed by atoms with Crippen LogP contribution in [0.15, 0.2) is 65.1 Å². The number of esters is 1. The van der Waals surface area contributed by atoms with Gasteiger partial charge in [-0.1, -0.05) is 36.4 Å². The third-order valence-electron chi connectivity index (χ3n) is 4.42. The van der Waals surface area contributed by atoms with Crippen molar-refractivity contribution in [3.05, 3.63) is 83.4 Å². The van der Waals surface area contributed by atoms with E-state index in [1.54, 1.807) is 42.5 Å². The topological polar surface area (TPSA) is 85.6 Å². The second-order valence-electron chi connectivity index (χ2n) is 6.69. The monoisotopic (exact) mass is 409 g/mol. The standard InChI is InChI=1S/C23H20FNO5/c1-14(26)17-5-7-18(8-6-17)20-11-12-21(30-20)23(28)29-15(2)22(27)25-13-16-3-9-19(24)10-4-16/h3-12,15H,13H2,1-2H3,(H,25,27)/t15-/m1/s1. The highest BCUT2D eigenvalue weighted by molar-refractivity contribution is 5.94. The summed E-state index contributed by atoms with van der Waals surface area (Å²) in [7, 11) is 0. The third-order valence-corrected chi connectivity index (χ3v) is 4.42. The first-order valence-electron chi connectivity index (χ1n) is 9.28. The molecule has 3 rings (SSSR count). The summed E-state index contributed by atoms with van der Waals surface area (Å²) in [6.07, 6.45) is -1.04. The Kier molecular flexibility index (Phi) is 6.41. The summed E-state index contributed by atoms with van der Waals surface area (Å²) in [6.45, 7) is 3.11. The fraction of sp³-hybridized carbons (Fsp3) is 0.174. The molecule has 1 N–H and O–H groups in total. The van der Waals surface area contributed by atoms with Gasteiger partial charge in [-0.3, -0.25) is 9.59 Å². The Morgan fingerprint density at radius 3 is 2.30 bits per heavy atom. The van der Waals surface area contributed by atoms with Gasteiger partial charge in [0.1, 0.15) is 11.6 Å². The number of benzene rings is 2. The molecule has 0 bridgehead atoms. The summed E-state index contributed by atoms with van der Waals surface area (Å²) in [6, 6.07) is 15.6. The van der Waals surface area contributed by atoms with Crippen LogP contribution in [-0.2, 0) is 16.1 Å². The van der Waals surface area contributed by atoms with Crippen molar-refractivity contribution in [1.29, 1.82) is 0 Å². The molecule has 0 aliphatic heterocycles. The molecule has 0 aliphatic carbocycles.